The summed E-state index contributed by atoms with van der Waals surface area (Å²) in [5.41, 5.74) is 0. The van der Waals surface area contributed by atoms with Crippen molar-refractivity contribution in [3.05, 3.63) is 51.6 Å². The van der Waals surface area contributed by atoms with E-state index in [1.54, 1.807) is 4.90 Å². The number of carbonyl (C=O) groups excluding carboxylic acids is 1. The van der Waals surface area contributed by atoms with Crippen molar-refractivity contribution in [2.45, 2.75) is 0 Å². The smallest absolute Gasteiger partial charge is 0.274 e. The summed E-state index contributed by atoms with van der Waals surface area (Å²) in [4.78, 5) is 19.5. The number of anilines is 1. The minimum absolute atomic E-state index is 0.0844. The van der Waals surface area contributed by atoms with Crippen molar-refractivity contribution < 1.29 is 14.5 Å². The Kier molecular flexibility index (Phi) is 5.89. The van der Waals surface area contributed by atoms with Gasteiger partial charge in [0.1, 0.15) is 18.8 Å². The van der Waals surface area contributed by atoms with Gasteiger partial charge in [0.05, 0.1) is 34.4 Å². The third kappa shape index (κ3) is 4.48. The van der Waals surface area contributed by atoms with Crippen LogP contribution in [-0.2, 0) is 4.79 Å². The zero-order valence-corrected chi connectivity index (χ0v) is 15.6. The molecule has 5 nitrogen and oxygen atoms in total. The first-order valence-electron chi connectivity index (χ1n) is 7.81. The summed E-state index contributed by atoms with van der Waals surface area (Å²) in [6.07, 6.45) is 1.89. The zero-order valence-electron chi connectivity index (χ0n) is 13.3. The van der Waals surface area contributed by atoms with Gasteiger partial charge in [-0.2, -0.15) is 0 Å². The van der Waals surface area contributed by atoms with Gasteiger partial charge in [-0.15, -0.1) is 0 Å². The number of benzene rings is 1. The summed E-state index contributed by atoms with van der Waals surface area (Å²) in [6.45, 7) is 2.72. The number of rotatable bonds is 4. The number of aromatic amines is 1. The van der Waals surface area contributed by atoms with Gasteiger partial charge in [0, 0.05) is 12.1 Å². The Hall–Kier alpha value is -1.69. The molecule has 0 unspecified atom stereocenters. The number of piperazine rings is 1. The molecule has 3 rings (SSSR count). The molecule has 1 fully saturated rings. The number of carbonyl (C=O) groups is 1. The molecule has 1 N–H and O–H groups in total. The Labute approximate surface area is 161 Å². The van der Waals surface area contributed by atoms with E-state index in [-0.39, 0.29) is 12.5 Å². The molecule has 1 amide bonds. The first kappa shape index (κ1) is 18.1. The molecule has 25 heavy (non-hydrogen) atoms. The summed E-state index contributed by atoms with van der Waals surface area (Å²) in [5.74, 6) is 1.31. The summed E-state index contributed by atoms with van der Waals surface area (Å²) < 4.78 is 5.51. The fraction of sp³-hybridized carbons (Fsp3) is 0.294. The van der Waals surface area contributed by atoms with E-state index in [9.17, 15) is 4.79 Å². The number of nitrogens with one attached hydrogen (secondary N) is 1. The number of hydrogen-bond donors (Lipinski definition) is 0. The van der Waals surface area contributed by atoms with Gasteiger partial charge in [-0.05, 0) is 12.1 Å². The average Bonchev–Trinajstić information content (AvgIpc) is 2.64. The minimum atomic E-state index is -0.0882. The van der Waals surface area contributed by atoms with E-state index >= 15 is 0 Å². The van der Waals surface area contributed by atoms with E-state index in [1.165, 1.54) is 12.1 Å². The van der Waals surface area contributed by atoms with Crippen molar-refractivity contribution in [1.29, 1.82) is 0 Å². The van der Waals surface area contributed by atoms with E-state index in [0.29, 0.717) is 33.9 Å². The third-order valence-electron chi connectivity index (χ3n) is 3.99. The minimum Gasteiger partial charge on any atom is -0.482 e. The van der Waals surface area contributed by atoms with Crippen molar-refractivity contribution in [1.82, 2.24) is 4.90 Å². The zero-order chi connectivity index (χ0) is 17.8. The van der Waals surface area contributed by atoms with Crippen LogP contribution in [0.15, 0.2) is 36.5 Å². The number of halogens is 3. The molecule has 0 atom stereocenters. The van der Waals surface area contributed by atoms with Crippen molar-refractivity contribution in [2.75, 3.05) is 37.7 Å². The first-order valence-corrected chi connectivity index (χ1v) is 8.95. The van der Waals surface area contributed by atoms with Crippen LogP contribution < -0.4 is 14.6 Å². The van der Waals surface area contributed by atoms with Crippen LogP contribution >= 0.6 is 34.8 Å². The van der Waals surface area contributed by atoms with E-state index in [4.69, 9.17) is 39.5 Å². The lowest BCUT2D eigenvalue weighted by molar-refractivity contribution is -0.364. The van der Waals surface area contributed by atoms with Gasteiger partial charge in [0.25, 0.3) is 11.7 Å². The fourth-order valence-corrected chi connectivity index (χ4v) is 3.21. The van der Waals surface area contributed by atoms with Crippen LogP contribution in [-0.4, -0.2) is 43.6 Å². The van der Waals surface area contributed by atoms with Crippen LogP contribution in [0.25, 0.3) is 0 Å². The predicted octanol–water partition coefficient (Wildman–Crippen LogP) is 3.19. The number of pyridine rings is 1. The van der Waals surface area contributed by atoms with Crippen molar-refractivity contribution in [3.8, 4) is 5.75 Å². The molecule has 1 aromatic carbocycles. The molecule has 8 heteroatoms. The van der Waals surface area contributed by atoms with Crippen LogP contribution in [0, 0.1) is 0 Å². The highest BCUT2D eigenvalue weighted by Crippen LogP contribution is 2.33. The van der Waals surface area contributed by atoms with E-state index in [2.05, 4.69) is 9.88 Å². The molecular formula is C17H17Cl3N3O2+. The molecule has 2 heterocycles. The van der Waals surface area contributed by atoms with Gasteiger partial charge < -0.3 is 9.64 Å². The van der Waals surface area contributed by atoms with Gasteiger partial charge in [0.15, 0.2) is 6.61 Å². The predicted molar refractivity (Wildman–Crippen MR) is 98.8 cm³/mol. The summed E-state index contributed by atoms with van der Waals surface area (Å²) in [6, 6.07) is 8.96. The van der Waals surface area contributed by atoms with Gasteiger partial charge >= 0.3 is 0 Å². The molecule has 132 valence electrons. The van der Waals surface area contributed by atoms with Crippen molar-refractivity contribution in [3.63, 3.8) is 0 Å². The van der Waals surface area contributed by atoms with Gasteiger partial charge in [-0.3, -0.25) is 9.69 Å². The lowest BCUT2D eigenvalue weighted by Crippen LogP contribution is -2.51. The lowest BCUT2D eigenvalue weighted by Gasteiger charge is -2.30. The van der Waals surface area contributed by atoms with Gasteiger partial charge in [-0.25, -0.2) is 4.98 Å². The van der Waals surface area contributed by atoms with Crippen molar-refractivity contribution in [2.24, 2.45) is 0 Å². The first-order chi connectivity index (χ1) is 12.0. The Bertz CT molecular complexity index is 750. The molecule has 0 aliphatic carbocycles. The number of nitrogens with zero attached hydrogens (tertiary/aromatic N) is 2. The molecule has 1 aliphatic heterocycles. The highest BCUT2D eigenvalue weighted by atomic mass is 35.5. The molecule has 1 aliphatic rings. The summed E-state index contributed by atoms with van der Waals surface area (Å²) in [7, 11) is 0. The topological polar surface area (TPSA) is 46.9 Å². The van der Waals surface area contributed by atoms with Gasteiger partial charge in [0.2, 0.25) is 0 Å². The van der Waals surface area contributed by atoms with Crippen LogP contribution in [0.4, 0.5) is 5.82 Å². The summed E-state index contributed by atoms with van der Waals surface area (Å²) >= 11 is 17.9. The Morgan fingerprint density at radius 3 is 2.44 bits per heavy atom. The van der Waals surface area contributed by atoms with E-state index in [0.717, 1.165) is 18.9 Å². The number of H-pyrrole nitrogens is 1. The number of hydrogen-bond acceptors (Lipinski definition) is 3. The number of ether oxygens (including phenoxy) is 1. The second-order valence-corrected chi connectivity index (χ2v) is 6.82. The molecule has 0 saturated carbocycles. The highest BCUT2D eigenvalue weighted by molar-refractivity contribution is 6.43. The van der Waals surface area contributed by atoms with Crippen molar-refractivity contribution >= 4 is 46.5 Å². The maximum atomic E-state index is 12.4. The molecule has 0 spiro atoms. The molecule has 0 bridgehead atoms. The van der Waals surface area contributed by atoms with E-state index < -0.39 is 0 Å². The molecule has 1 aromatic heterocycles. The van der Waals surface area contributed by atoms with Crippen LogP contribution in [0.3, 0.4) is 0 Å². The van der Waals surface area contributed by atoms with Crippen LogP contribution in [0.2, 0.25) is 15.1 Å². The molecule has 2 aromatic rings. The monoisotopic (exact) mass is 400 g/mol. The quantitative estimate of drug-likeness (QED) is 0.739. The van der Waals surface area contributed by atoms with Crippen LogP contribution in [0.5, 0.6) is 5.75 Å². The molecule has 1 saturated heterocycles. The van der Waals surface area contributed by atoms with E-state index in [1.807, 2.05) is 24.4 Å². The number of amides is 1. The SMILES string of the molecule is O=C(COc1cc(Cl)c(Cl)cc1Cl)N1CCN(c2cccc[nH+]2)CC1. The maximum Gasteiger partial charge on any atom is 0.274 e. The second kappa shape index (κ2) is 8.13. The standard InChI is InChI=1S/C17H16Cl3N3O2/c18-12-9-14(20)15(10-13(12)19)25-11-17(24)23-7-5-22(6-8-23)16-3-1-2-4-21-16/h1-4,9-10H,5-8,11H2/p+1. The van der Waals surface area contributed by atoms with Gasteiger partial charge in [-0.1, -0.05) is 40.9 Å². The molecule has 0 radical (unpaired) electrons. The largest absolute Gasteiger partial charge is 0.482 e. The molecular weight excluding hydrogens is 385 g/mol. The highest BCUT2D eigenvalue weighted by Gasteiger charge is 2.26. The second-order valence-electron chi connectivity index (χ2n) is 5.60. The maximum absolute atomic E-state index is 12.4. The normalized spacial score (nSPS) is 14.5. The number of aromatic nitrogens is 1. The Morgan fingerprint density at radius 2 is 1.76 bits per heavy atom. The lowest BCUT2D eigenvalue weighted by atomic mass is 10.3. The van der Waals surface area contributed by atoms with Crippen LogP contribution in [0.1, 0.15) is 0 Å². The summed E-state index contributed by atoms with van der Waals surface area (Å²) in [5, 5.41) is 1.01. The fourth-order valence-electron chi connectivity index (χ4n) is 2.62. The Balaban J connectivity index is 1.52. The third-order valence-corrected chi connectivity index (χ3v) is 5.01. The average molecular weight is 402 g/mol. The Morgan fingerprint density at radius 1 is 1.04 bits per heavy atom.